The average molecular weight is 392 g/mol. The fourth-order valence-corrected chi connectivity index (χ4v) is 2.62. The van der Waals surface area contributed by atoms with Crippen molar-refractivity contribution in [2.45, 2.75) is 20.8 Å². The Balaban J connectivity index is 2.59. The van der Waals surface area contributed by atoms with E-state index in [2.05, 4.69) is 15.6 Å². The van der Waals surface area contributed by atoms with Gasteiger partial charge < -0.3 is 25.2 Å². The van der Waals surface area contributed by atoms with Crippen LogP contribution < -0.4 is 15.4 Å². The SMILES string of the molecule is CCNC(=NCCNC(=O)c1cccc(OC)c1)N(C)CC(=O)N(CC)CC. The molecular formula is C20H33N5O3. The Bertz CT molecular complexity index is 659. The lowest BCUT2D eigenvalue weighted by molar-refractivity contribution is -0.131. The second-order valence-electron chi connectivity index (χ2n) is 6.15. The van der Waals surface area contributed by atoms with Crippen LogP contribution in [-0.2, 0) is 4.79 Å². The van der Waals surface area contributed by atoms with Gasteiger partial charge in [0.15, 0.2) is 5.96 Å². The van der Waals surface area contributed by atoms with Crippen LogP contribution in [0.15, 0.2) is 29.3 Å². The monoisotopic (exact) mass is 391 g/mol. The molecule has 156 valence electrons. The average Bonchev–Trinajstić information content (AvgIpc) is 2.70. The van der Waals surface area contributed by atoms with Gasteiger partial charge in [-0.2, -0.15) is 0 Å². The second kappa shape index (κ2) is 12.6. The molecule has 0 radical (unpaired) electrons. The Kier molecular flexibility index (Phi) is 10.5. The first kappa shape index (κ1) is 23.3. The molecular weight excluding hydrogens is 358 g/mol. The number of aliphatic imine (C=N–C) groups is 1. The topological polar surface area (TPSA) is 86.3 Å². The van der Waals surface area contributed by atoms with E-state index in [-0.39, 0.29) is 18.4 Å². The minimum atomic E-state index is -0.177. The van der Waals surface area contributed by atoms with Crippen molar-refractivity contribution in [2.75, 3.05) is 53.4 Å². The molecule has 0 aliphatic rings. The van der Waals surface area contributed by atoms with Gasteiger partial charge in [-0.3, -0.25) is 14.6 Å². The van der Waals surface area contributed by atoms with E-state index >= 15 is 0 Å². The van der Waals surface area contributed by atoms with E-state index in [1.165, 1.54) is 0 Å². The maximum atomic E-state index is 12.3. The van der Waals surface area contributed by atoms with Crippen LogP contribution in [0.5, 0.6) is 5.75 Å². The number of benzene rings is 1. The largest absolute Gasteiger partial charge is 0.497 e. The maximum absolute atomic E-state index is 12.3. The summed E-state index contributed by atoms with van der Waals surface area (Å²) in [6.45, 7) is 9.02. The number of rotatable bonds is 10. The van der Waals surface area contributed by atoms with Crippen molar-refractivity contribution in [3.63, 3.8) is 0 Å². The number of methoxy groups -OCH3 is 1. The standard InChI is InChI=1S/C20H33N5O3/c1-6-21-20(24(4)15-18(26)25(7-2)8-3)23-13-12-22-19(27)16-10-9-11-17(14-16)28-5/h9-11,14H,6-8,12-13,15H2,1-5H3,(H,21,23)(H,22,27). The van der Waals surface area contributed by atoms with Crippen LogP contribution in [0.3, 0.4) is 0 Å². The van der Waals surface area contributed by atoms with Crippen molar-refractivity contribution in [2.24, 2.45) is 4.99 Å². The van der Waals surface area contributed by atoms with Crippen LogP contribution in [0.2, 0.25) is 0 Å². The zero-order valence-electron chi connectivity index (χ0n) is 17.6. The smallest absolute Gasteiger partial charge is 0.251 e. The van der Waals surface area contributed by atoms with Crippen molar-refractivity contribution >= 4 is 17.8 Å². The molecule has 0 saturated heterocycles. The number of ether oxygens (including phenoxy) is 1. The third kappa shape index (κ3) is 7.46. The van der Waals surface area contributed by atoms with Gasteiger partial charge in [-0.25, -0.2) is 0 Å². The van der Waals surface area contributed by atoms with Crippen LogP contribution in [-0.4, -0.2) is 81.0 Å². The Labute approximate surface area is 167 Å². The number of carbonyl (C=O) groups excluding carboxylic acids is 2. The van der Waals surface area contributed by atoms with Crippen molar-refractivity contribution < 1.29 is 14.3 Å². The molecule has 2 amide bonds. The highest BCUT2D eigenvalue weighted by Gasteiger charge is 2.15. The molecule has 0 aromatic heterocycles. The van der Waals surface area contributed by atoms with Gasteiger partial charge in [-0.1, -0.05) is 6.07 Å². The molecule has 8 heteroatoms. The van der Waals surface area contributed by atoms with Gasteiger partial charge in [0.1, 0.15) is 5.75 Å². The summed E-state index contributed by atoms with van der Waals surface area (Å²) in [5, 5.41) is 6.01. The van der Waals surface area contributed by atoms with Crippen molar-refractivity contribution in [3.8, 4) is 5.75 Å². The van der Waals surface area contributed by atoms with Gasteiger partial charge in [-0.05, 0) is 39.0 Å². The molecule has 0 heterocycles. The Morgan fingerprint density at radius 3 is 2.46 bits per heavy atom. The molecule has 0 unspecified atom stereocenters. The van der Waals surface area contributed by atoms with Crippen LogP contribution in [0.1, 0.15) is 31.1 Å². The summed E-state index contributed by atoms with van der Waals surface area (Å²) in [7, 11) is 3.40. The van der Waals surface area contributed by atoms with Crippen molar-refractivity contribution in [1.29, 1.82) is 0 Å². The van der Waals surface area contributed by atoms with Crippen LogP contribution >= 0.6 is 0 Å². The lowest BCUT2D eigenvalue weighted by atomic mass is 10.2. The molecule has 0 bridgehead atoms. The molecule has 2 N–H and O–H groups in total. The first-order chi connectivity index (χ1) is 13.5. The summed E-state index contributed by atoms with van der Waals surface area (Å²) < 4.78 is 5.13. The second-order valence-corrected chi connectivity index (χ2v) is 6.15. The number of likely N-dealkylation sites (N-methyl/N-ethyl adjacent to an activating group) is 2. The van der Waals surface area contributed by atoms with E-state index in [1.54, 1.807) is 41.2 Å². The summed E-state index contributed by atoms with van der Waals surface area (Å²) in [6, 6.07) is 6.99. The fraction of sp³-hybridized carbons (Fsp3) is 0.550. The number of carbonyl (C=O) groups is 2. The minimum Gasteiger partial charge on any atom is -0.497 e. The van der Waals surface area contributed by atoms with Gasteiger partial charge in [0, 0.05) is 38.8 Å². The molecule has 28 heavy (non-hydrogen) atoms. The molecule has 1 aromatic carbocycles. The predicted molar refractivity (Wildman–Crippen MR) is 112 cm³/mol. The first-order valence-electron chi connectivity index (χ1n) is 9.66. The normalized spacial score (nSPS) is 11.0. The quantitative estimate of drug-likeness (QED) is 0.355. The lowest BCUT2D eigenvalue weighted by Crippen LogP contribution is -2.46. The molecule has 0 atom stereocenters. The van der Waals surface area contributed by atoms with E-state index in [1.807, 2.05) is 27.8 Å². The van der Waals surface area contributed by atoms with E-state index in [9.17, 15) is 9.59 Å². The molecule has 0 fully saturated rings. The predicted octanol–water partition coefficient (Wildman–Crippen LogP) is 1.19. The number of nitrogens with zero attached hydrogens (tertiary/aromatic N) is 3. The zero-order chi connectivity index (χ0) is 20.9. The molecule has 0 aliphatic carbocycles. The highest BCUT2D eigenvalue weighted by atomic mass is 16.5. The lowest BCUT2D eigenvalue weighted by Gasteiger charge is -2.25. The van der Waals surface area contributed by atoms with Crippen LogP contribution in [0.25, 0.3) is 0 Å². The highest BCUT2D eigenvalue weighted by Crippen LogP contribution is 2.12. The van der Waals surface area contributed by atoms with E-state index in [0.717, 1.165) is 0 Å². The number of nitrogens with one attached hydrogen (secondary N) is 2. The zero-order valence-corrected chi connectivity index (χ0v) is 17.6. The van der Waals surface area contributed by atoms with Gasteiger partial charge in [0.25, 0.3) is 5.91 Å². The number of amides is 2. The Hall–Kier alpha value is -2.77. The molecule has 1 rings (SSSR count). The Morgan fingerprint density at radius 1 is 1.14 bits per heavy atom. The molecule has 0 saturated carbocycles. The van der Waals surface area contributed by atoms with Gasteiger partial charge in [0.05, 0.1) is 20.2 Å². The third-order valence-corrected chi connectivity index (χ3v) is 4.18. The maximum Gasteiger partial charge on any atom is 0.251 e. The van der Waals surface area contributed by atoms with Gasteiger partial charge in [0.2, 0.25) is 5.91 Å². The Morgan fingerprint density at radius 2 is 1.86 bits per heavy atom. The summed E-state index contributed by atoms with van der Waals surface area (Å²) in [4.78, 5) is 32.6. The van der Waals surface area contributed by atoms with Gasteiger partial charge >= 0.3 is 0 Å². The van der Waals surface area contributed by atoms with Crippen molar-refractivity contribution in [1.82, 2.24) is 20.4 Å². The first-order valence-corrected chi connectivity index (χ1v) is 9.66. The third-order valence-electron chi connectivity index (χ3n) is 4.18. The van der Waals surface area contributed by atoms with E-state index in [4.69, 9.17) is 4.74 Å². The van der Waals surface area contributed by atoms with Crippen LogP contribution in [0, 0.1) is 0 Å². The summed E-state index contributed by atoms with van der Waals surface area (Å²) in [5.74, 6) is 1.16. The molecule has 1 aromatic rings. The molecule has 8 nitrogen and oxygen atoms in total. The fourth-order valence-electron chi connectivity index (χ4n) is 2.62. The van der Waals surface area contributed by atoms with E-state index < -0.39 is 0 Å². The molecule has 0 spiro atoms. The molecule has 0 aliphatic heterocycles. The number of guanidine groups is 1. The number of hydrogen-bond donors (Lipinski definition) is 2. The summed E-state index contributed by atoms with van der Waals surface area (Å²) in [5.41, 5.74) is 0.539. The summed E-state index contributed by atoms with van der Waals surface area (Å²) >= 11 is 0. The van der Waals surface area contributed by atoms with Gasteiger partial charge in [-0.15, -0.1) is 0 Å². The van der Waals surface area contributed by atoms with Crippen LogP contribution in [0.4, 0.5) is 0 Å². The van der Waals surface area contributed by atoms with E-state index in [0.29, 0.717) is 50.0 Å². The van der Waals surface area contributed by atoms with Crippen molar-refractivity contribution in [3.05, 3.63) is 29.8 Å². The highest BCUT2D eigenvalue weighted by molar-refractivity contribution is 5.94. The summed E-state index contributed by atoms with van der Waals surface area (Å²) in [6.07, 6.45) is 0. The minimum absolute atomic E-state index is 0.0597. The number of hydrogen-bond acceptors (Lipinski definition) is 4.